The van der Waals surface area contributed by atoms with Gasteiger partial charge in [0.2, 0.25) is 0 Å². The number of nitrogens with zero attached hydrogens (tertiary/aromatic N) is 1. The van der Waals surface area contributed by atoms with E-state index >= 15 is 0 Å². The van der Waals surface area contributed by atoms with Gasteiger partial charge in [-0.1, -0.05) is 11.8 Å². The number of hydrogen-bond acceptors (Lipinski definition) is 5. The Morgan fingerprint density at radius 3 is 2.86 bits per heavy atom. The number of nitrogens with one attached hydrogen (secondary N) is 2. The number of thioether (sulfide) groups is 1. The van der Waals surface area contributed by atoms with Crippen LogP contribution in [-0.4, -0.2) is 42.1 Å². The number of amides is 2. The van der Waals surface area contributed by atoms with Crippen LogP contribution in [0.3, 0.4) is 0 Å². The first-order valence-corrected chi connectivity index (χ1v) is 9.69. The summed E-state index contributed by atoms with van der Waals surface area (Å²) >= 11 is 3.39. The van der Waals surface area contributed by atoms with E-state index in [0.717, 1.165) is 35.9 Å². The van der Waals surface area contributed by atoms with Crippen molar-refractivity contribution in [3.8, 4) is 0 Å². The molecule has 124 valence electrons. The molecule has 0 radical (unpaired) electrons. The van der Waals surface area contributed by atoms with Crippen LogP contribution in [0.2, 0.25) is 0 Å². The van der Waals surface area contributed by atoms with E-state index in [0.29, 0.717) is 24.7 Å². The van der Waals surface area contributed by atoms with Crippen molar-refractivity contribution < 1.29 is 9.53 Å². The molecule has 0 saturated carbocycles. The fourth-order valence-corrected chi connectivity index (χ4v) is 4.37. The van der Waals surface area contributed by atoms with Gasteiger partial charge in [0, 0.05) is 30.4 Å². The van der Waals surface area contributed by atoms with Crippen LogP contribution in [0.5, 0.6) is 0 Å². The molecule has 1 aliphatic rings. The summed E-state index contributed by atoms with van der Waals surface area (Å²) in [5, 5.41) is 7.87. The molecule has 0 spiro atoms. The quantitative estimate of drug-likeness (QED) is 0.590. The van der Waals surface area contributed by atoms with E-state index in [1.54, 1.807) is 23.1 Å². The van der Waals surface area contributed by atoms with Crippen LogP contribution >= 0.6 is 23.1 Å². The summed E-state index contributed by atoms with van der Waals surface area (Å²) < 4.78 is 6.80. The van der Waals surface area contributed by atoms with Crippen LogP contribution in [0.25, 0.3) is 0 Å². The standard InChI is InChI=1S/C15H25N3O2S2/c1-11-8-13(9-12(2)20-11)10-18-14(19)16-4-3-6-21-15-17-5-7-22-15/h5,7,11-13H,3-4,6,8-10H2,1-2H3,(H2,16,18,19)/t11-,12+,13?. The Hall–Kier alpha value is -0.790. The van der Waals surface area contributed by atoms with E-state index in [4.69, 9.17) is 4.74 Å². The number of urea groups is 1. The van der Waals surface area contributed by atoms with Crippen molar-refractivity contribution in [3.05, 3.63) is 11.6 Å². The molecule has 0 bridgehead atoms. The lowest BCUT2D eigenvalue weighted by molar-refractivity contribution is -0.0511. The zero-order valence-corrected chi connectivity index (χ0v) is 14.8. The molecule has 1 fully saturated rings. The Bertz CT molecular complexity index is 432. The second-order valence-electron chi connectivity index (χ2n) is 5.73. The number of ether oxygens (including phenoxy) is 1. The zero-order valence-electron chi connectivity index (χ0n) is 13.2. The van der Waals surface area contributed by atoms with Crippen molar-refractivity contribution in [2.24, 2.45) is 5.92 Å². The van der Waals surface area contributed by atoms with Crippen molar-refractivity contribution in [1.29, 1.82) is 0 Å². The third-order valence-electron chi connectivity index (χ3n) is 3.59. The highest BCUT2D eigenvalue weighted by atomic mass is 32.2. The van der Waals surface area contributed by atoms with Crippen LogP contribution in [0.15, 0.2) is 15.9 Å². The normalized spacial score (nSPS) is 24.9. The number of thiazole rings is 1. The van der Waals surface area contributed by atoms with E-state index in [2.05, 4.69) is 29.5 Å². The number of aromatic nitrogens is 1. The fraction of sp³-hybridized carbons (Fsp3) is 0.733. The predicted molar refractivity (Wildman–Crippen MR) is 91.6 cm³/mol. The maximum absolute atomic E-state index is 11.8. The number of rotatable bonds is 7. The minimum absolute atomic E-state index is 0.0638. The number of carbonyl (C=O) groups excluding carboxylic acids is 1. The van der Waals surface area contributed by atoms with Crippen molar-refractivity contribution in [1.82, 2.24) is 15.6 Å². The summed E-state index contributed by atoms with van der Waals surface area (Å²) in [5.41, 5.74) is 0. The van der Waals surface area contributed by atoms with Gasteiger partial charge >= 0.3 is 6.03 Å². The molecule has 2 N–H and O–H groups in total. The molecular formula is C15H25N3O2S2. The summed E-state index contributed by atoms with van der Waals surface area (Å²) in [6.07, 6.45) is 5.40. The monoisotopic (exact) mass is 343 g/mol. The molecular weight excluding hydrogens is 318 g/mol. The Morgan fingerprint density at radius 2 is 2.18 bits per heavy atom. The predicted octanol–water partition coefficient (Wildman–Crippen LogP) is 3.13. The van der Waals surface area contributed by atoms with Gasteiger partial charge in [0.05, 0.1) is 12.2 Å². The van der Waals surface area contributed by atoms with Gasteiger partial charge in [0.25, 0.3) is 0 Å². The Morgan fingerprint density at radius 1 is 1.41 bits per heavy atom. The first kappa shape index (κ1) is 17.6. The average Bonchev–Trinajstić information content (AvgIpc) is 2.97. The van der Waals surface area contributed by atoms with Crippen LogP contribution < -0.4 is 10.6 Å². The fourth-order valence-electron chi connectivity index (χ4n) is 2.72. The Balaban J connectivity index is 1.50. The van der Waals surface area contributed by atoms with Crippen molar-refractivity contribution >= 4 is 29.1 Å². The number of carbonyl (C=O) groups is 1. The first-order valence-electron chi connectivity index (χ1n) is 7.83. The third-order valence-corrected chi connectivity index (χ3v) is 5.64. The van der Waals surface area contributed by atoms with E-state index in [9.17, 15) is 4.79 Å². The molecule has 0 aromatic carbocycles. The lowest BCUT2D eigenvalue weighted by atomic mass is 9.92. The van der Waals surface area contributed by atoms with Crippen molar-refractivity contribution in [3.63, 3.8) is 0 Å². The molecule has 3 atom stereocenters. The molecule has 1 aliphatic heterocycles. The molecule has 2 amide bonds. The molecule has 2 heterocycles. The van der Waals surface area contributed by atoms with E-state index in [1.807, 2.05) is 11.6 Å². The van der Waals surface area contributed by atoms with Gasteiger partial charge in [0.15, 0.2) is 0 Å². The molecule has 1 saturated heterocycles. The highest BCUT2D eigenvalue weighted by Crippen LogP contribution is 2.24. The Labute approximate surface area is 140 Å². The van der Waals surface area contributed by atoms with E-state index in [-0.39, 0.29) is 6.03 Å². The Kier molecular flexibility index (Phi) is 7.48. The van der Waals surface area contributed by atoms with Gasteiger partial charge in [0.1, 0.15) is 4.34 Å². The highest BCUT2D eigenvalue weighted by molar-refractivity contribution is 8.00. The maximum Gasteiger partial charge on any atom is 0.314 e. The lowest BCUT2D eigenvalue weighted by Gasteiger charge is -2.32. The van der Waals surface area contributed by atoms with E-state index < -0.39 is 0 Å². The van der Waals surface area contributed by atoms with Gasteiger partial charge in [-0.15, -0.1) is 11.3 Å². The molecule has 1 aromatic heterocycles. The molecule has 7 heteroatoms. The average molecular weight is 344 g/mol. The first-order chi connectivity index (χ1) is 10.6. The van der Waals surface area contributed by atoms with Gasteiger partial charge in [-0.05, 0) is 39.0 Å². The van der Waals surface area contributed by atoms with Crippen LogP contribution in [0.4, 0.5) is 4.79 Å². The van der Waals surface area contributed by atoms with E-state index in [1.165, 1.54) is 0 Å². The second-order valence-corrected chi connectivity index (χ2v) is 7.97. The molecule has 0 aliphatic carbocycles. The highest BCUT2D eigenvalue weighted by Gasteiger charge is 2.24. The smallest absolute Gasteiger partial charge is 0.314 e. The van der Waals surface area contributed by atoms with Gasteiger partial charge in [-0.25, -0.2) is 9.78 Å². The second kappa shape index (κ2) is 9.37. The van der Waals surface area contributed by atoms with Gasteiger partial charge in [-0.3, -0.25) is 0 Å². The summed E-state index contributed by atoms with van der Waals surface area (Å²) in [4.78, 5) is 16.0. The van der Waals surface area contributed by atoms with Crippen LogP contribution in [0, 0.1) is 5.92 Å². The summed E-state index contributed by atoms with van der Waals surface area (Å²) in [6.45, 7) is 5.63. The maximum atomic E-state index is 11.8. The van der Waals surface area contributed by atoms with Crippen LogP contribution in [0.1, 0.15) is 33.1 Å². The lowest BCUT2D eigenvalue weighted by Crippen LogP contribution is -2.41. The summed E-state index contributed by atoms with van der Waals surface area (Å²) in [5.74, 6) is 1.49. The minimum atomic E-state index is -0.0638. The molecule has 1 unspecified atom stereocenters. The summed E-state index contributed by atoms with van der Waals surface area (Å²) in [7, 11) is 0. The van der Waals surface area contributed by atoms with Crippen LogP contribution in [-0.2, 0) is 4.74 Å². The molecule has 22 heavy (non-hydrogen) atoms. The largest absolute Gasteiger partial charge is 0.376 e. The van der Waals surface area contributed by atoms with Crippen molar-refractivity contribution in [2.45, 2.75) is 49.7 Å². The van der Waals surface area contributed by atoms with Crippen molar-refractivity contribution in [2.75, 3.05) is 18.8 Å². The SMILES string of the molecule is C[C@@H]1CC(CNC(=O)NCCCSc2nccs2)C[C@H](C)O1. The molecule has 5 nitrogen and oxygen atoms in total. The topological polar surface area (TPSA) is 63.2 Å². The number of hydrogen-bond donors (Lipinski definition) is 2. The van der Waals surface area contributed by atoms with Gasteiger partial charge in [-0.2, -0.15) is 0 Å². The van der Waals surface area contributed by atoms with Gasteiger partial charge < -0.3 is 15.4 Å². The summed E-state index contributed by atoms with van der Waals surface area (Å²) in [6, 6.07) is -0.0638. The zero-order chi connectivity index (χ0) is 15.8. The third kappa shape index (κ3) is 6.54. The molecule has 2 rings (SSSR count). The molecule has 1 aromatic rings. The minimum Gasteiger partial charge on any atom is -0.376 e.